The van der Waals surface area contributed by atoms with Crippen LogP contribution in [0.5, 0.6) is 0 Å². The fraction of sp³-hybridized carbons (Fsp3) is 0. The van der Waals surface area contributed by atoms with Gasteiger partial charge in [-0.15, -0.1) is 0 Å². The third kappa shape index (κ3) is 1.55. The highest BCUT2D eigenvalue weighted by atomic mass is 35.5. The molecular weight excluding hydrogens is 238 g/mol. The van der Waals surface area contributed by atoms with Gasteiger partial charge in [-0.2, -0.15) is 0 Å². The summed E-state index contributed by atoms with van der Waals surface area (Å²) >= 11 is 7.74. The minimum atomic E-state index is 0.781. The summed E-state index contributed by atoms with van der Waals surface area (Å²) in [5, 5.41) is 0.781. The number of hydrogen-bond donors (Lipinski definition) is 0. The minimum Gasteiger partial charge on any atom is -0.219 e. The summed E-state index contributed by atoms with van der Waals surface area (Å²) < 4.78 is 4.33. The van der Waals surface area contributed by atoms with E-state index in [1.54, 1.807) is 0 Å². The monoisotopic (exact) mass is 245 g/mol. The van der Waals surface area contributed by atoms with Crippen molar-refractivity contribution in [2.75, 3.05) is 0 Å². The van der Waals surface area contributed by atoms with Crippen LogP contribution in [-0.4, -0.2) is 6.21 Å². The van der Waals surface area contributed by atoms with Crippen LogP contribution in [0.25, 0.3) is 11.1 Å². The number of nitrogens with zero attached hydrogens (tertiary/aromatic N) is 1. The molecule has 78 valence electrons. The van der Waals surface area contributed by atoms with Gasteiger partial charge in [0.1, 0.15) is 0 Å². The third-order valence-electron chi connectivity index (χ3n) is 2.55. The van der Waals surface area contributed by atoms with E-state index in [0.717, 1.165) is 26.6 Å². The van der Waals surface area contributed by atoms with Gasteiger partial charge in [-0.25, -0.2) is 4.40 Å². The summed E-state index contributed by atoms with van der Waals surface area (Å²) in [5.41, 5.74) is 3.35. The Morgan fingerprint density at radius 3 is 2.81 bits per heavy atom. The van der Waals surface area contributed by atoms with Crippen molar-refractivity contribution in [1.29, 1.82) is 0 Å². The average Bonchev–Trinajstić information content (AvgIpc) is 2.49. The number of halogens is 1. The van der Waals surface area contributed by atoms with E-state index < -0.39 is 0 Å². The van der Waals surface area contributed by atoms with Gasteiger partial charge in [0.2, 0.25) is 0 Å². The second-order valence-electron chi connectivity index (χ2n) is 3.53. The molecule has 0 unspecified atom stereocenters. The van der Waals surface area contributed by atoms with Gasteiger partial charge in [-0.1, -0.05) is 41.9 Å². The van der Waals surface area contributed by atoms with E-state index in [2.05, 4.69) is 16.5 Å². The zero-order chi connectivity index (χ0) is 11.0. The van der Waals surface area contributed by atoms with Crippen molar-refractivity contribution in [2.24, 2.45) is 4.40 Å². The van der Waals surface area contributed by atoms with Crippen LogP contribution in [0.15, 0.2) is 51.8 Å². The molecule has 0 amide bonds. The van der Waals surface area contributed by atoms with Crippen molar-refractivity contribution < 1.29 is 0 Å². The van der Waals surface area contributed by atoms with Gasteiger partial charge in [-0.3, -0.25) is 0 Å². The first-order valence-corrected chi connectivity index (χ1v) is 6.10. The Morgan fingerprint density at radius 2 is 1.88 bits per heavy atom. The van der Waals surface area contributed by atoms with Gasteiger partial charge in [0, 0.05) is 39.2 Å². The number of fused-ring (bicyclic) bond motifs is 3. The molecule has 0 spiro atoms. The van der Waals surface area contributed by atoms with Crippen LogP contribution < -0.4 is 0 Å². The maximum atomic E-state index is 6.27. The highest BCUT2D eigenvalue weighted by molar-refractivity contribution is 7.98. The Hall–Kier alpha value is -1.25. The van der Waals surface area contributed by atoms with Crippen LogP contribution in [-0.2, 0) is 0 Å². The van der Waals surface area contributed by atoms with E-state index in [9.17, 15) is 0 Å². The Balaban J connectivity index is 2.37. The summed E-state index contributed by atoms with van der Waals surface area (Å²) in [7, 11) is 0. The lowest BCUT2D eigenvalue weighted by Crippen LogP contribution is -1.87. The maximum Gasteiger partial charge on any atom is 0.0496 e. The first-order chi connectivity index (χ1) is 7.86. The van der Waals surface area contributed by atoms with Crippen molar-refractivity contribution in [2.45, 2.75) is 4.90 Å². The van der Waals surface area contributed by atoms with Gasteiger partial charge >= 0.3 is 0 Å². The number of hydrogen-bond acceptors (Lipinski definition) is 2. The zero-order valence-electron chi connectivity index (χ0n) is 8.35. The van der Waals surface area contributed by atoms with E-state index in [1.807, 2.05) is 36.5 Å². The fourth-order valence-corrected chi connectivity index (χ4v) is 2.88. The first-order valence-electron chi connectivity index (χ1n) is 4.94. The number of benzene rings is 2. The molecular formula is C13H8ClNS. The molecule has 2 aromatic carbocycles. The van der Waals surface area contributed by atoms with Crippen LogP contribution in [0.4, 0.5) is 0 Å². The molecule has 0 fully saturated rings. The lowest BCUT2D eigenvalue weighted by Gasteiger charge is -2.09. The summed E-state index contributed by atoms with van der Waals surface area (Å²) in [6.45, 7) is 0. The molecule has 0 aliphatic carbocycles. The van der Waals surface area contributed by atoms with E-state index in [-0.39, 0.29) is 0 Å². The largest absolute Gasteiger partial charge is 0.219 e. The van der Waals surface area contributed by atoms with Crippen LogP contribution >= 0.6 is 23.5 Å². The standard InChI is InChI=1S/C13H8ClNS/c14-11-6-3-7-12-13(11)10-5-2-1-4-9(10)8-15-16-12/h1-8H. The lowest BCUT2D eigenvalue weighted by atomic mass is 10.0. The molecule has 0 radical (unpaired) electrons. The van der Waals surface area contributed by atoms with Crippen molar-refractivity contribution >= 4 is 29.8 Å². The molecule has 16 heavy (non-hydrogen) atoms. The van der Waals surface area contributed by atoms with Crippen molar-refractivity contribution in [3.8, 4) is 11.1 Å². The molecule has 1 aliphatic rings. The summed E-state index contributed by atoms with van der Waals surface area (Å²) in [5.74, 6) is 0. The van der Waals surface area contributed by atoms with E-state index in [1.165, 1.54) is 11.9 Å². The van der Waals surface area contributed by atoms with Crippen LogP contribution in [0.2, 0.25) is 5.02 Å². The van der Waals surface area contributed by atoms with E-state index in [0.29, 0.717) is 0 Å². The molecule has 3 rings (SSSR count). The molecule has 0 saturated carbocycles. The molecule has 0 saturated heterocycles. The van der Waals surface area contributed by atoms with Gasteiger partial charge in [-0.05, 0) is 17.7 Å². The summed E-state index contributed by atoms with van der Waals surface area (Å²) in [6, 6.07) is 14.1. The average molecular weight is 246 g/mol. The third-order valence-corrected chi connectivity index (χ3v) is 3.61. The van der Waals surface area contributed by atoms with Crippen molar-refractivity contribution in [3.05, 3.63) is 53.1 Å². The molecule has 2 aromatic rings. The minimum absolute atomic E-state index is 0.781. The molecule has 1 heterocycles. The maximum absolute atomic E-state index is 6.27. The van der Waals surface area contributed by atoms with Gasteiger partial charge in [0.05, 0.1) is 0 Å². The van der Waals surface area contributed by atoms with Crippen molar-refractivity contribution in [1.82, 2.24) is 0 Å². The quantitative estimate of drug-likeness (QED) is 0.625. The van der Waals surface area contributed by atoms with Gasteiger partial charge in [0.25, 0.3) is 0 Å². The molecule has 0 N–H and O–H groups in total. The molecule has 1 nitrogen and oxygen atoms in total. The Bertz CT molecular complexity index is 578. The van der Waals surface area contributed by atoms with Gasteiger partial charge in [0.15, 0.2) is 0 Å². The molecule has 1 aliphatic heterocycles. The van der Waals surface area contributed by atoms with E-state index >= 15 is 0 Å². The highest BCUT2D eigenvalue weighted by Gasteiger charge is 2.14. The number of rotatable bonds is 0. The highest BCUT2D eigenvalue weighted by Crippen LogP contribution is 2.40. The predicted molar refractivity (Wildman–Crippen MR) is 70.3 cm³/mol. The fourth-order valence-electron chi connectivity index (χ4n) is 1.82. The molecule has 0 bridgehead atoms. The Kier molecular flexibility index (Phi) is 2.46. The lowest BCUT2D eigenvalue weighted by molar-refractivity contribution is 1.45. The van der Waals surface area contributed by atoms with E-state index in [4.69, 9.17) is 11.6 Å². The normalized spacial score (nSPS) is 12.8. The summed E-state index contributed by atoms with van der Waals surface area (Å²) in [4.78, 5) is 1.11. The SMILES string of the molecule is Clc1cccc2c1-c1ccccc1C=NS2. The smallest absolute Gasteiger partial charge is 0.0496 e. The first kappa shape index (κ1) is 9.94. The molecule has 0 aromatic heterocycles. The Labute approximate surface area is 103 Å². The molecule has 0 atom stereocenters. The second kappa shape index (κ2) is 3.96. The van der Waals surface area contributed by atoms with Crippen LogP contribution in [0.3, 0.4) is 0 Å². The summed E-state index contributed by atoms with van der Waals surface area (Å²) in [6.07, 6.45) is 1.89. The predicted octanol–water partition coefficient (Wildman–Crippen LogP) is 4.45. The van der Waals surface area contributed by atoms with Gasteiger partial charge < -0.3 is 0 Å². The molecule has 3 heteroatoms. The topological polar surface area (TPSA) is 12.4 Å². The zero-order valence-corrected chi connectivity index (χ0v) is 9.92. The Morgan fingerprint density at radius 1 is 1.00 bits per heavy atom. The van der Waals surface area contributed by atoms with Crippen LogP contribution in [0.1, 0.15) is 5.56 Å². The second-order valence-corrected chi connectivity index (χ2v) is 4.77. The van der Waals surface area contributed by atoms with Crippen LogP contribution in [0, 0.1) is 0 Å². The van der Waals surface area contributed by atoms with Crippen molar-refractivity contribution in [3.63, 3.8) is 0 Å².